The Bertz CT molecular complexity index is 520. The number of nitrogens with zero attached hydrogens (tertiary/aromatic N) is 4. The number of piperidine rings is 1. The molecule has 1 atom stereocenters. The number of carboxylic acid groups (broad SMARTS) is 1. The molecule has 2 heterocycles. The molecular formula is C13H19N5O3. The molecule has 2 amide bonds. The van der Waals surface area contributed by atoms with Gasteiger partial charge in [0, 0.05) is 13.1 Å². The van der Waals surface area contributed by atoms with E-state index in [1.54, 1.807) is 18.7 Å². The minimum absolute atomic E-state index is 0.0793. The Balaban J connectivity index is 2.01. The third kappa shape index (κ3) is 3.45. The number of nitrogens with one attached hydrogen (secondary N) is 1. The van der Waals surface area contributed by atoms with Crippen LogP contribution in [0.15, 0.2) is 12.4 Å². The molecule has 0 bridgehead atoms. The van der Waals surface area contributed by atoms with E-state index in [-0.39, 0.29) is 17.9 Å². The van der Waals surface area contributed by atoms with E-state index in [0.29, 0.717) is 13.1 Å². The van der Waals surface area contributed by atoms with Gasteiger partial charge in [-0.3, -0.25) is 10.1 Å². The van der Waals surface area contributed by atoms with E-state index in [2.05, 4.69) is 20.5 Å². The van der Waals surface area contributed by atoms with Gasteiger partial charge in [0.05, 0.1) is 17.8 Å². The average molecular weight is 293 g/mol. The van der Waals surface area contributed by atoms with E-state index in [1.807, 2.05) is 0 Å². The van der Waals surface area contributed by atoms with E-state index in [4.69, 9.17) is 0 Å². The van der Waals surface area contributed by atoms with Crippen molar-refractivity contribution in [3.8, 4) is 0 Å². The van der Waals surface area contributed by atoms with E-state index in [0.717, 1.165) is 12.8 Å². The predicted octanol–water partition coefficient (Wildman–Crippen LogP) is 1.23. The van der Waals surface area contributed by atoms with Gasteiger partial charge in [-0.15, -0.1) is 5.10 Å². The summed E-state index contributed by atoms with van der Waals surface area (Å²) in [5.41, 5.74) is -0.857. The van der Waals surface area contributed by atoms with Gasteiger partial charge >= 0.3 is 12.0 Å². The smallest absolute Gasteiger partial charge is 0.324 e. The topological polar surface area (TPSA) is 108 Å². The van der Waals surface area contributed by atoms with Crippen LogP contribution in [0.5, 0.6) is 0 Å². The van der Waals surface area contributed by atoms with Crippen molar-refractivity contribution in [3.05, 3.63) is 12.4 Å². The van der Waals surface area contributed by atoms with Gasteiger partial charge in [-0.25, -0.2) is 9.78 Å². The lowest BCUT2D eigenvalue weighted by Crippen LogP contribution is -2.48. The zero-order valence-corrected chi connectivity index (χ0v) is 12.1. The molecule has 1 fully saturated rings. The molecular weight excluding hydrogens is 274 g/mol. The second-order valence-electron chi connectivity index (χ2n) is 5.71. The van der Waals surface area contributed by atoms with Gasteiger partial charge in [0.25, 0.3) is 5.95 Å². The average Bonchev–Trinajstić information content (AvgIpc) is 2.48. The van der Waals surface area contributed by atoms with Crippen molar-refractivity contribution in [2.24, 2.45) is 11.3 Å². The third-order valence-corrected chi connectivity index (χ3v) is 3.98. The number of rotatable bonds is 3. The molecule has 1 saturated heterocycles. The van der Waals surface area contributed by atoms with Crippen LogP contribution in [0.2, 0.25) is 0 Å². The first-order valence-electron chi connectivity index (χ1n) is 6.84. The van der Waals surface area contributed by atoms with Crippen molar-refractivity contribution < 1.29 is 14.7 Å². The van der Waals surface area contributed by atoms with Crippen LogP contribution in [0.1, 0.15) is 26.7 Å². The number of hydrogen-bond donors (Lipinski definition) is 2. The number of likely N-dealkylation sites (tertiary alicyclic amines) is 1. The maximum absolute atomic E-state index is 12.2. The van der Waals surface area contributed by atoms with Crippen LogP contribution in [0.3, 0.4) is 0 Å². The number of urea groups is 1. The van der Waals surface area contributed by atoms with E-state index in [9.17, 15) is 14.7 Å². The first-order valence-corrected chi connectivity index (χ1v) is 6.84. The summed E-state index contributed by atoms with van der Waals surface area (Å²) in [6.07, 6.45) is 4.44. The van der Waals surface area contributed by atoms with Crippen LogP contribution < -0.4 is 5.32 Å². The van der Waals surface area contributed by atoms with Crippen LogP contribution in [0, 0.1) is 11.3 Å². The van der Waals surface area contributed by atoms with Crippen LogP contribution in [-0.4, -0.2) is 50.3 Å². The van der Waals surface area contributed by atoms with Gasteiger partial charge < -0.3 is 10.0 Å². The highest BCUT2D eigenvalue weighted by Gasteiger charge is 2.40. The van der Waals surface area contributed by atoms with Crippen molar-refractivity contribution in [2.45, 2.75) is 26.7 Å². The summed E-state index contributed by atoms with van der Waals surface area (Å²) in [6, 6.07) is -0.325. The van der Waals surface area contributed by atoms with Gasteiger partial charge in [0.2, 0.25) is 0 Å². The molecule has 1 aromatic rings. The Hall–Kier alpha value is -2.25. The molecule has 21 heavy (non-hydrogen) atoms. The van der Waals surface area contributed by atoms with Crippen LogP contribution in [0.25, 0.3) is 0 Å². The number of amides is 2. The Kier molecular flexibility index (Phi) is 4.35. The van der Waals surface area contributed by atoms with Crippen molar-refractivity contribution in [3.63, 3.8) is 0 Å². The van der Waals surface area contributed by atoms with Crippen LogP contribution >= 0.6 is 0 Å². The van der Waals surface area contributed by atoms with Crippen molar-refractivity contribution >= 4 is 17.9 Å². The molecule has 0 radical (unpaired) electrons. The largest absolute Gasteiger partial charge is 0.481 e. The molecule has 1 aromatic heterocycles. The van der Waals surface area contributed by atoms with E-state index in [1.165, 1.54) is 12.4 Å². The second kappa shape index (κ2) is 6.02. The molecule has 2 N–H and O–H groups in total. The highest BCUT2D eigenvalue weighted by atomic mass is 16.4. The van der Waals surface area contributed by atoms with E-state index >= 15 is 0 Å². The normalized spacial score (nSPS) is 19.1. The van der Waals surface area contributed by atoms with E-state index < -0.39 is 11.4 Å². The Labute approximate surface area is 122 Å². The van der Waals surface area contributed by atoms with Crippen LogP contribution in [-0.2, 0) is 4.79 Å². The van der Waals surface area contributed by atoms with Gasteiger partial charge in [-0.05, 0) is 32.6 Å². The summed E-state index contributed by atoms with van der Waals surface area (Å²) in [7, 11) is 0. The molecule has 1 aliphatic rings. The van der Waals surface area contributed by atoms with Crippen LogP contribution in [0.4, 0.5) is 10.7 Å². The molecule has 1 unspecified atom stereocenters. The second-order valence-corrected chi connectivity index (χ2v) is 5.71. The molecule has 0 saturated carbocycles. The molecule has 0 aliphatic carbocycles. The predicted molar refractivity (Wildman–Crippen MR) is 74.6 cm³/mol. The number of carbonyl (C=O) groups excluding carboxylic acids is 1. The minimum atomic E-state index is -0.857. The van der Waals surface area contributed by atoms with Gasteiger partial charge in [-0.1, -0.05) is 0 Å². The van der Waals surface area contributed by atoms with Gasteiger partial charge in [-0.2, -0.15) is 5.10 Å². The van der Waals surface area contributed by atoms with Gasteiger partial charge in [0.1, 0.15) is 0 Å². The number of anilines is 1. The number of carboxylic acids is 1. The fraction of sp³-hybridized carbons (Fsp3) is 0.615. The van der Waals surface area contributed by atoms with Crippen molar-refractivity contribution in [2.75, 3.05) is 18.4 Å². The fourth-order valence-electron chi connectivity index (χ4n) is 2.40. The quantitative estimate of drug-likeness (QED) is 0.867. The van der Waals surface area contributed by atoms with Gasteiger partial charge in [0.15, 0.2) is 0 Å². The lowest BCUT2D eigenvalue weighted by atomic mass is 9.74. The summed E-state index contributed by atoms with van der Waals surface area (Å²) in [6.45, 7) is 4.40. The number of aliphatic carboxylic acids is 1. The number of hydrogen-bond acceptors (Lipinski definition) is 5. The molecule has 1 aliphatic heterocycles. The Morgan fingerprint density at radius 1 is 1.43 bits per heavy atom. The SMILES string of the molecule is CC(C)(C(=O)O)C1CCCN(C(=O)Nc2nccnn2)C1. The Morgan fingerprint density at radius 2 is 2.19 bits per heavy atom. The highest BCUT2D eigenvalue weighted by molar-refractivity contribution is 5.87. The summed E-state index contributed by atoms with van der Waals surface area (Å²) < 4.78 is 0. The lowest BCUT2D eigenvalue weighted by molar-refractivity contribution is -0.151. The summed E-state index contributed by atoms with van der Waals surface area (Å²) in [5, 5.41) is 19.2. The molecule has 8 heteroatoms. The maximum Gasteiger partial charge on any atom is 0.324 e. The zero-order valence-electron chi connectivity index (χ0n) is 12.1. The number of carbonyl (C=O) groups is 2. The third-order valence-electron chi connectivity index (χ3n) is 3.98. The maximum atomic E-state index is 12.2. The standard InChI is InChI=1S/C13H19N5O3/c1-13(2,10(19)20)9-4-3-7-18(8-9)12(21)16-11-14-5-6-15-17-11/h5-6,9H,3-4,7-8H2,1-2H3,(H,19,20)(H,14,16,17,21). The molecule has 114 valence electrons. The first-order chi connectivity index (χ1) is 9.91. The van der Waals surface area contributed by atoms with Crippen molar-refractivity contribution in [1.82, 2.24) is 20.1 Å². The molecule has 2 rings (SSSR count). The molecule has 8 nitrogen and oxygen atoms in total. The first kappa shape index (κ1) is 15.1. The Morgan fingerprint density at radius 3 is 2.81 bits per heavy atom. The summed E-state index contributed by atoms with van der Waals surface area (Å²) in [5.74, 6) is -0.781. The minimum Gasteiger partial charge on any atom is -0.481 e. The fourth-order valence-corrected chi connectivity index (χ4v) is 2.40. The lowest BCUT2D eigenvalue weighted by Gasteiger charge is -2.38. The highest BCUT2D eigenvalue weighted by Crippen LogP contribution is 2.34. The number of aromatic nitrogens is 3. The van der Waals surface area contributed by atoms with Crippen molar-refractivity contribution in [1.29, 1.82) is 0 Å². The zero-order chi connectivity index (χ0) is 15.5. The summed E-state index contributed by atoms with van der Waals surface area (Å²) in [4.78, 5) is 29.0. The monoisotopic (exact) mass is 293 g/mol. The molecule has 0 spiro atoms. The molecule has 0 aromatic carbocycles. The summed E-state index contributed by atoms with van der Waals surface area (Å²) >= 11 is 0.